The van der Waals surface area contributed by atoms with Gasteiger partial charge in [0.15, 0.2) is 0 Å². The molecular formula is C7H16NO7P-2. The van der Waals surface area contributed by atoms with Crippen LogP contribution in [-0.2, 0) is 9.36 Å². The van der Waals surface area contributed by atoms with Gasteiger partial charge in [-0.25, -0.2) is 0 Å². The van der Waals surface area contributed by atoms with Gasteiger partial charge in [-0.05, 0) is 0 Å². The summed E-state index contributed by atoms with van der Waals surface area (Å²) in [4.78, 5) is 35.8. The molecule has 0 aromatic rings. The average Bonchev–Trinajstić information content (AvgIpc) is 1.72. The molecule has 0 rings (SSSR count). The Hall–Kier alpha value is -0.500. The summed E-state index contributed by atoms with van der Waals surface area (Å²) in [6, 6.07) is 0. The standard InChI is InChI=1S/C7H15NO3.H3O4P/c1-8(2,3)5-6(9)4-7(10)11;1-5(2,3)4/h6,9H,4-5H2,1-3H3;(H3,1,2,3,4)/p-2/t6-;/m1./s1. The van der Waals surface area contributed by atoms with Crippen molar-refractivity contribution in [2.24, 2.45) is 0 Å². The van der Waals surface area contributed by atoms with Gasteiger partial charge in [-0.2, -0.15) is 7.82 Å². The van der Waals surface area contributed by atoms with E-state index in [-0.39, 0.29) is 6.42 Å². The van der Waals surface area contributed by atoms with Crippen LogP contribution < -0.4 is 14.7 Å². The first-order valence-corrected chi connectivity index (χ1v) is 5.70. The number of carboxylic acid groups (broad SMARTS) is 1. The Morgan fingerprint density at radius 1 is 1.31 bits per heavy atom. The van der Waals surface area contributed by atoms with Gasteiger partial charge in [-0.15, -0.1) is 0 Å². The topological polar surface area (TPSA) is 144 Å². The Labute approximate surface area is 93.6 Å². The second-order valence-electron chi connectivity index (χ2n) is 4.17. The van der Waals surface area contributed by atoms with E-state index >= 15 is 0 Å². The number of aliphatic carboxylic acids is 1. The number of aliphatic hydroxyl groups excluding tert-OH is 1. The fourth-order valence-corrected chi connectivity index (χ4v) is 0.898. The van der Waals surface area contributed by atoms with Crippen molar-refractivity contribution in [3.8, 4) is 0 Å². The molecule has 16 heavy (non-hydrogen) atoms. The largest absolute Gasteiger partial charge is 0.822 e. The highest BCUT2D eigenvalue weighted by Gasteiger charge is 2.17. The fourth-order valence-electron chi connectivity index (χ4n) is 0.898. The van der Waals surface area contributed by atoms with Crippen LogP contribution >= 0.6 is 7.82 Å². The van der Waals surface area contributed by atoms with E-state index in [0.717, 1.165) is 0 Å². The van der Waals surface area contributed by atoms with E-state index in [0.29, 0.717) is 11.0 Å². The molecule has 0 aromatic heterocycles. The van der Waals surface area contributed by atoms with E-state index in [4.69, 9.17) is 29.5 Å². The van der Waals surface area contributed by atoms with Crippen molar-refractivity contribution in [1.82, 2.24) is 0 Å². The number of likely N-dealkylation sites (N-methyl/N-ethyl adjacent to an activating group) is 1. The first-order chi connectivity index (χ1) is 6.81. The smallest absolute Gasteiger partial charge is 0.306 e. The van der Waals surface area contributed by atoms with Gasteiger partial charge in [0.2, 0.25) is 0 Å². The number of hydrogen-bond donors (Lipinski definition) is 2. The summed E-state index contributed by atoms with van der Waals surface area (Å²) in [5, 5.41) is 17.5. The zero-order chi connectivity index (χ0) is 13.6. The molecule has 9 heteroatoms. The van der Waals surface area contributed by atoms with Gasteiger partial charge < -0.3 is 33.9 Å². The SMILES string of the molecule is C[N+](C)(C)C[C@H](O)CC(=O)O.O=P([O-])([O-])[O-]. The van der Waals surface area contributed by atoms with Crippen LogP contribution in [0.2, 0.25) is 0 Å². The molecular weight excluding hydrogens is 241 g/mol. The molecule has 0 unspecified atom stereocenters. The monoisotopic (exact) mass is 257 g/mol. The van der Waals surface area contributed by atoms with Crippen molar-refractivity contribution < 1.29 is 38.7 Å². The molecule has 0 saturated carbocycles. The van der Waals surface area contributed by atoms with Gasteiger partial charge in [-0.1, -0.05) is 0 Å². The van der Waals surface area contributed by atoms with Crippen LogP contribution in [0, 0.1) is 0 Å². The van der Waals surface area contributed by atoms with E-state index < -0.39 is 19.9 Å². The maximum Gasteiger partial charge on any atom is 0.306 e. The van der Waals surface area contributed by atoms with Gasteiger partial charge in [0, 0.05) is 0 Å². The number of quaternary nitrogens is 1. The molecule has 0 spiro atoms. The molecule has 0 aromatic carbocycles. The molecule has 0 amide bonds. The number of phosphoric acid groups is 1. The molecule has 0 aliphatic carbocycles. The molecule has 0 aliphatic heterocycles. The number of nitrogens with zero attached hydrogens (tertiary/aromatic N) is 1. The first-order valence-electron chi connectivity index (χ1n) is 4.24. The lowest BCUT2D eigenvalue weighted by atomic mass is 10.2. The predicted molar refractivity (Wildman–Crippen MR) is 48.8 cm³/mol. The van der Waals surface area contributed by atoms with Gasteiger partial charge in [0.25, 0.3) is 0 Å². The van der Waals surface area contributed by atoms with E-state index in [1.54, 1.807) is 0 Å². The van der Waals surface area contributed by atoms with Crippen molar-refractivity contribution in [3.05, 3.63) is 0 Å². The molecule has 0 bridgehead atoms. The summed E-state index contributed by atoms with van der Waals surface area (Å²) in [7, 11) is 0.335. The summed E-state index contributed by atoms with van der Waals surface area (Å²) >= 11 is 0. The third-order valence-electron chi connectivity index (χ3n) is 1.17. The predicted octanol–water partition coefficient (Wildman–Crippen LogP) is -3.30. The Kier molecular flexibility index (Phi) is 7.77. The third kappa shape index (κ3) is 29.2. The first kappa shape index (κ1) is 17.9. The second-order valence-corrected chi connectivity index (χ2v) is 5.07. The van der Waals surface area contributed by atoms with Crippen LogP contribution in [0.5, 0.6) is 0 Å². The van der Waals surface area contributed by atoms with Crippen LogP contribution in [0.4, 0.5) is 0 Å². The molecule has 0 saturated heterocycles. The number of rotatable bonds is 4. The van der Waals surface area contributed by atoms with Crippen LogP contribution in [-0.4, -0.2) is 54.5 Å². The van der Waals surface area contributed by atoms with Crippen LogP contribution in [0.15, 0.2) is 0 Å². The van der Waals surface area contributed by atoms with Gasteiger partial charge in [0.05, 0.1) is 27.6 Å². The van der Waals surface area contributed by atoms with Gasteiger partial charge in [0.1, 0.15) is 12.6 Å². The number of carbonyl (C=O) groups is 1. The Morgan fingerprint density at radius 2 is 1.62 bits per heavy atom. The lowest BCUT2D eigenvalue weighted by molar-refractivity contribution is -0.873. The second kappa shape index (κ2) is 6.95. The van der Waals surface area contributed by atoms with Crippen LogP contribution in [0.1, 0.15) is 6.42 Å². The van der Waals surface area contributed by atoms with Gasteiger partial charge >= 0.3 is 5.97 Å². The van der Waals surface area contributed by atoms with E-state index in [9.17, 15) is 4.79 Å². The lowest BCUT2D eigenvalue weighted by Crippen LogP contribution is -2.42. The van der Waals surface area contributed by atoms with Crippen LogP contribution in [0.25, 0.3) is 0 Å². The molecule has 0 aliphatic rings. The molecule has 0 heterocycles. The highest BCUT2D eigenvalue weighted by atomic mass is 31.2. The number of carboxylic acids is 1. The van der Waals surface area contributed by atoms with Crippen molar-refractivity contribution in [2.45, 2.75) is 12.5 Å². The fraction of sp³-hybridized carbons (Fsp3) is 0.857. The van der Waals surface area contributed by atoms with E-state index in [1.165, 1.54) is 0 Å². The number of hydrogen-bond acceptors (Lipinski definition) is 6. The minimum atomic E-state index is -5.39. The number of aliphatic hydroxyl groups is 1. The van der Waals surface area contributed by atoms with Crippen molar-refractivity contribution in [2.75, 3.05) is 27.7 Å². The van der Waals surface area contributed by atoms with Crippen molar-refractivity contribution in [3.63, 3.8) is 0 Å². The van der Waals surface area contributed by atoms with E-state index in [1.807, 2.05) is 21.1 Å². The molecule has 98 valence electrons. The third-order valence-corrected chi connectivity index (χ3v) is 1.17. The molecule has 1 atom stereocenters. The summed E-state index contributed by atoms with van der Waals surface area (Å²) in [6.07, 6.45) is -0.914. The molecule has 8 nitrogen and oxygen atoms in total. The Bertz CT molecular complexity index is 248. The average molecular weight is 257 g/mol. The highest BCUT2D eigenvalue weighted by Crippen LogP contribution is 2.03. The molecule has 0 radical (unpaired) electrons. The molecule has 2 N–H and O–H groups in total. The Balaban J connectivity index is 0. The minimum absolute atomic E-state index is 0.171. The molecule has 0 fully saturated rings. The van der Waals surface area contributed by atoms with Crippen LogP contribution in [0.3, 0.4) is 0 Å². The summed E-state index contributed by atoms with van der Waals surface area (Å²) in [5.74, 6) is -0.953. The normalized spacial score (nSPS) is 13.7. The lowest BCUT2D eigenvalue weighted by Gasteiger charge is -2.36. The minimum Gasteiger partial charge on any atom is -0.822 e. The summed E-state index contributed by atoms with van der Waals surface area (Å²) < 4.78 is 9.13. The quantitative estimate of drug-likeness (QED) is 0.396. The van der Waals surface area contributed by atoms with Gasteiger partial charge in [-0.3, -0.25) is 4.79 Å². The maximum atomic E-state index is 10.1. The van der Waals surface area contributed by atoms with Crippen molar-refractivity contribution >= 4 is 13.8 Å². The van der Waals surface area contributed by atoms with E-state index in [2.05, 4.69) is 0 Å². The summed E-state index contributed by atoms with van der Waals surface area (Å²) in [6.45, 7) is 0.465. The Morgan fingerprint density at radius 3 is 1.81 bits per heavy atom. The zero-order valence-electron chi connectivity index (χ0n) is 9.32. The van der Waals surface area contributed by atoms with Crippen molar-refractivity contribution in [1.29, 1.82) is 0 Å². The maximum absolute atomic E-state index is 10.1. The highest BCUT2D eigenvalue weighted by molar-refractivity contribution is 7.40. The zero-order valence-corrected chi connectivity index (χ0v) is 10.2. The summed E-state index contributed by atoms with van der Waals surface area (Å²) in [5.41, 5.74) is 0.